The molecule has 0 radical (unpaired) electrons. The van der Waals surface area contributed by atoms with Crippen LogP contribution in [0.15, 0.2) is 24.3 Å². The third-order valence-corrected chi connectivity index (χ3v) is 13.0. The van der Waals surface area contributed by atoms with Crippen LogP contribution < -0.4 is 5.32 Å². The molecule has 1 amide bonds. The fraction of sp³-hybridized carbons (Fsp3) is 0.906. The van der Waals surface area contributed by atoms with Gasteiger partial charge in [0, 0.05) is 0 Å². The first-order valence-electron chi connectivity index (χ1n) is 26.7. The normalized spacial score (nSPS) is 21.2. The summed E-state index contributed by atoms with van der Waals surface area (Å²) < 4.78 is 11.1. The molecule has 0 aromatic carbocycles. The molecule has 1 aliphatic heterocycles. The topological polar surface area (TPSA) is 189 Å². The first-order valence-corrected chi connectivity index (χ1v) is 26.7. The molecule has 0 bridgehead atoms. The van der Waals surface area contributed by atoms with E-state index in [4.69, 9.17) is 9.47 Å². The Morgan fingerprint density at radius 1 is 0.531 bits per heavy atom. The number of ether oxygens (including phenoxy) is 2. The predicted molar refractivity (Wildman–Crippen MR) is 261 cm³/mol. The van der Waals surface area contributed by atoms with Crippen LogP contribution in [0.5, 0.6) is 0 Å². The minimum atomic E-state index is -1.67. The van der Waals surface area contributed by atoms with Crippen LogP contribution in [0.3, 0.4) is 0 Å². The molecule has 378 valence electrons. The highest BCUT2D eigenvalue weighted by molar-refractivity contribution is 5.80. The number of unbranched alkanes of at least 4 members (excludes halogenated alkanes) is 29. The summed E-state index contributed by atoms with van der Waals surface area (Å²) in [6, 6.07) is -1.19. The quantitative estimate of drug-likeness (QED) is 0.0216. The molecule has 11 heteroatoms. The standard InChI is InChI=1S/C53H101NO10/c1-3-5-7-9-11-13-15-17-19-21-22-23-24-25-27-28-30-32-34-36-38-40-45(56)48(58)44(43-63-53-51(61)50(60)49(59)47(42-55)64-53)54-52(62)46(57)41-39-37-35-33-31-29-26-20-18-16-14-12-10-8-6-4-2/h18,20,32,34,44-51,53,55-61H,3-17,19,21-31,33,35-43H2,1-2H3,(H,54,62)/b20-18-,34-32+. The average molecular weight is 912 g/mol. The predicted octanol–water partition coefficient (Wildman–Crippen LogP) is 10.2. The zero-order chi connectivity index (χ0) is 46.9. The van der Waals surface area contributed by atoms with Crippen molar-refractivity contribution >= 4 is 5.91 Å². The number of allylic oxidation sites excluding steroid dienone is 4. The van der Waals surface area contributed by atoms with Gasteiger partial charge in [-0.15, -0.1) is 0 Å². The van der Waals surface area contributed by atoms with Crippen molar-refractivity contribution in [2.24, 2.45) is 0 Å². The van der Waals surface area contributed by atoms with E-state index in [1.54, 1.807) is 0 Å². The zero-order valence-corrected chi connectivity index (χ0v) is 41.0. The number of hydrogen-bond donors (Lipinski definition) is 8. The summed E-state index contributed by atoms with van der Waals surface area (Å²) in [5.41, 5.74) is 0. The highest BCUT2D eigenvalue weighted by atomic mass is 16.7. The Labute approximate surface area is 391 Å². The molecule has 0 aromatic heterocycles. The van der Waals surface area contributed by atoms with Gasteiger partial charge in [0.2, 0.25) is 5.91 Å². The lowest BCUT2D eigenvalue weighted by atomic mass is 9.98. The third kappa shape index (κ3) is 31.5. The third-order valence-electron chi connectivity index (χ3n) is 13.0. The van der Waals surface area contributed by atoms with Gasteiger partial charge in [-0.3, -0.25) is 4.79 Å². The Kier molecular flexibility index (Phi) is 40.6. The SMILES string of the molecule is CCCCCCCC/C=C\CCCCCCCCC(O)C(=O)NC(COC1OC(CO)C(O)C(O)C1O)C(O)C(O)CCC/C=C/CCCCCCCCCCCCCCCCCC. The van der Waals surface area contributed by atoms with Crippen molar-refractivity contribution in [2.45, 2.75) is 294 Å². The van der Waals surface area contributed by atoms with Gasteiger partial charge in [-0.1, -0.05) is 199 Å². The van der Waals surface area contributed by atoms with Crippen LogP contribution in [0, 0.1) is 0 Å². The molecule has 1 fully saturated rings. The maximum atomic E-state index is 13.1. The van der Waals surface area contributed by atoms with Gasteiger partial charge in [0.15, 0.2) is 6.29 Å². The number of carbonyl (C=O) groups excluding carboxylic acids is 1. The molecule has 0 spiro atoms. The monoisotopic (exact) mass is 912 g/mol. The first kappa shape index (κ1) is 60.6. The minimum Gasteiger partial charge on any atom is -0.394 e. The lowest BCUT2D eigenvalue weighted by molar-refractivity contribution is -0.303. The van der Waals surface area contributed by atoms with E-state index < -0.39 is 74.2 Å². The van der Waals surface area contributed by atoms with E-state index in [0.29, 0.717) is 12.8 Å². The van der Waals surface area contributed by atoms with E-state index in [-0.39, 0.29) is 12.8 Å². The number of carbonyl (C=O) groups is 1. The molecule has 1 heterocycles. The molecular weight excluding hydrogens is 811 g/mol. The van der Waals surface area contributed by atoms with Gasteiger partial charge < -0.3 is 50.5 Å². The number of aliphatic hydroxyl groups excluding tert-OH is 7. The lowest BCUT2D eigenvalue weighted by Crippen LogP contribution is -2.60. The van der Waals surface area contributed by atoms with Crippen molar-refractivity contribution in [3.8, 4) is 0 Å². The van der Waals surface area contributed by atoms with Gasteiger partial charge in [0.1, 0.15) is 36.6 Å². The van der Waals surface area contributed by atoms with Crippen molar-refractivity contribution in [2.75, 3.05) is 13.2 Å². The van der Waals surface area contributed by atoms with E-state index in [1.807, 2.05) is 0 Å². The van der Waals surface area contributed by atoms with Crippen LogP contribution >= 0.6 is 0 Å². The van der Waals surface area contributed by atoms with Crippen molar-refractivity contribution in [1.29, 1.82) is 0 Å². The summed E-state index contributed by atoms with van der Waals surface area (Å²) in [7, 11) is 0. The Balaban J connectivity index is 2.39. The molecule has 11 nitrogen and oxygen atoms in total. The molecule has 1 rings (SSSR count). The second-order valence-corrected chi connectivity index (χ2v) is 18.9. The summed E-state index contributed by atoms with van der Waals surface area (Å²) >= 11 is 0. The fourth-order valence-corrected chi connectivity index (χ4v) is 8.55. The van der Waals surface area contributed by atoms with Crippen molar-refractivity contribution in [3.05, 3.63) is 24.3 Å². The molecule has 0 saturated carbocycles. The molecule has 8 N–H and O–H groups in total. The zero-order valence-electron chi connectivity index (χ0n) is 41.0. The summed E-state index contributed by atoms with van der Waals surface area (Å²) in [6.45, 7) is 3.44. The van der Waals surface area contributed by atoms with Gasteiger partial charge in [-0.05, 0) is 64.2 Å². The summed E-state index contributed by atoms with van der Waals surface area (Å²) in [5.74, 6) is -0.710. The Hall–Kier alpha value is -1.41. The van der Waals surface area contributed by atoms with Gasteiger partial charge in [0.25, 0.3) is 0 Å². The second-order valence-electron chi connectivity index (χ2n) is 18.9. The highest BCUT2D eigenvalue weighted by Gasteiger charge is 2.44. The van der Waals surface area contributed by atoms with Gasteiger partial charge in [-0.25, -0.2) is 0 Å². The highest BCUT2D eigenvalue weighted by Crippen LogP contribution is 2.23. The van der Waals surface area contributed by atoms with E-state index in [9.17, 15) is 40.5 Å². The second kappa shape index (κ2) is 42.9. The van der Waals surface area contributed by atoms with Crippen LogP contribution in [0.2, 0.25) is 0 Å². The molecule has 0 aromatic rings. The van der Waals surface area contributed by atoms with Crippen LogP contribution in [0.1, 0.15) is 239 Å². The maximum Gasteiger partial charge on any atom is 0.249 e. The number of rotatable bonds is 45. The Morgan fingerprint density at radius 2 is 0.922 bits per heavy atom. The molecule has 9 atom stereocenters. The number of amides is 1. The molecule has 64 heavy (non-hydrogen) atoms. The van der Waals surface area contributed by atoms with Crippen molar-refractivity contribution in [1.82, 2.24) is 5.32 Å². The number of aliphatic hydroxyl groups is 7. The summed E-state index contributed by atoms with van der Waals surface area (Å²) in [4.78, 5) is 13.1. The van der Waals surface area contributed by atoms with Gasteiger partial charge >= 0.3 is 0 Å². The van der Waals surface area contributed by atoms with Crippen LogP contribution in [0.25, 0.3) is 0 Å². The van der Waals surface area contributed by atoms with E-state index in [2.05, 4.69) is 43.5 Å². The van der Waals surface area contributed by atoms with Crippen LogP contribution in [-0.2, 0) is 14.3 Å². The smallest absolute Gasteiger partial charge is 0.249 e. The lowest BCUT2D eigenvalue weighted by Gasteiger charge is -2.40. The largest absolute Gasteiger partial charge is 0.394 e. The molecule has 1 aliphatic rings. The van der Waals surface area contributed by atoms with E-state index in [0.717, 1.165) is 57.8 Å². The molecular formula is C53H101NO10. The summed E-state index contributed by atoms with van der Waals surface area (Å²) in [5, 5.41) is 75.9. The number of nitrogens with one attached hydrogen (secondary N) is 1. The molecule has 1 saturated heterocycles. The van der Waals surface area contributed by atoms with E-state index in [1.165, 1.54) is 141 Å². The van der Waals surface area contributed by atoms with Crippen LogP contribution in [0.4, 0.5) is 0 Å². The molecule has 0 aliphatic carbocycles. The fourth-order valence-electron chi connectivity index (χ4n) is 8.55. The van der Waals surface area contributed by atoms with E-state index >= 15 is 0 Å². The summed E-state index contributed by atoms with van der Waals surface area (Å²) in [6.07, 6.45) is 38.0. The van der Waals surface area contributed by atoms with Crippen molar-refractivity contribution in [3.63, 3.8) is 0 Å². The van der Waals surface area contributed by atoms with Crippen molar-refractivity contribution < 1.29 is 50.0 Å². The number of hydrogen-bond acceptors (Lipinski definition) is 10. The Morgan fingerprint density at radius 3 is 1.34 bits per heavy atom. The minimum absolute atomic E-state index is 0.248. The first-order chi connectivity index (χ1) is 31.2. The Bertz CT molecular complexity index is 1090. The van der Waals surface area contributed by atoms with Crippen LogP contribution in [-0.4, -0.2) is 110 Å². The maximum absolute atomic E-state index is 13.1. The van der Waals surface area contributed by atoms with Gasteiger partial charge in [-0.2, -0.15) is 0 Å². The molecule has 9 unspecified atom stereocenters. The van der Waals surface area contributed by atoms with Gasteiger partial charge in [0.05, 0.1) is 25.4 Å². The average Bonchev–Trinajstić information content (AvgIpc) is 3.29.